The van der Waals surface area contributed by atoms with Crippen molar-refractivity contribution in [1.29, 1.82) is 0 Å². The van der Waals surface area contributed by atoms with Crippen LogP contribution in [-0.2, 0) is 13.1 Å². The largest absolute Gasteiger partial charge is 0.341 e. The molecular weight excluding hydrogens is 258 g/mol. The molecule has 2 N–H and O–H groups in total. The maximum atomic E-state index is 5.78. The molecule has 3 nitrogen and oxygen atoms in total. The summed E-state index contributed by atoms with van der Waals surface area (Å²) in [5.41, 5.74) is 9.78. The topological polar surface area (TPSA) is 34.2 Å². The summed E-state index contributed by atoms with van der Waals surface area (Å²) in [6, 6.07) is 9.49. The highest BCUT2D eigenvalue weighted by molar-refractivity contribution is 5.82. The van der Waals surface area contributed by atoms with Gasteiger partial charge in [0, 0.05) is 35.7 Å². The molecule has 2 heterocycles. The number of fused-ring (bicyclic) bond motifs is 1. The van der Waals surface area contributed by atoms with Crippen LogP contribution < -0.4 is 5.73 Å². The standard InChI is InChI=1S/C18H27N3/c1-14(2)21-17(13-20-8-4-3-5-9-20)11-16-10-15(12-19)6-7-18(16)21/h6-7,10-11,14H,3-5,8-9,12-13,19H2,1-2H3. The van der Waals surface area contributed by atoms with Crippen molar-refractivity contribution in [3.63, 3.8) is 0 Å². The zero-order chi connectivity index (χ0) is 14.8. The summed E-state index contributed by atoms with van der Waals surface area (Å²) < 4.78 is 2.49. The fourth-order valence-corrected chi connectivity index (χ4v) is 3.55. The van der Waals surface area contributed by atoms with Crippen molar-refractivity contribution in [2.24, 2.45) is 5.73 Å². The Morgan fingerprint density at radius 1 is 1.10 bits per heavy atom. The van der Waals surface area contributed by atoms with Gasteiger partial charge in [-0.1, -0.05) is 12.5 Å². The fraction of sp³-hybridized carbons (Fsp3) is 0.556. The number of piperidine rings is 1. The molecule has 114 valence electrons. The fourth-order valence-electron chi connectivity index (χ4n) is 3.55. The summed E-state index contributed by atoms with van der Waals surface area (Å²) in [6.07, 6.45) is 4.09. The monoisotopic (exact) mass is 285 g/mol. The summed E-state index contributed by atoms with van der Waals surface area (Å²) in [5, 5.41) is 1.33. The third kappa shape index (κ3) is 2.99. The van der Waals surface area contributed by atoms with E-state index in [1.165, 1.54) is 54.5 Å². The van der Waals surface area contributed by atoms with Crippen LogP contribution in [-0.4, -0.2) is 22.6 Å². The Bertz CT molecular complexity index is 606. The molecule has 0 aliphatic carbocycles. The molecule has 0 spiro atoms. The van der Waals surface area contributed by atoms with E-state index in [1.54, 1.807) is 0 Å². The molecule has 1 aliphatic rings. The van der Waals surface area contributed by atoms with Crippen molar-refractivity contribution in [3.8, 4) is 0 Å². The number of benzene rings is 1. The van der Waals surface area contributed by atoms with Crippen molar-refractivity contribution >= 4 is 10.9 Å². The van der Waals surface area contributed by atoms with Crippen molar-refractivity contribution in [2.75, 3.05) is 13.1 Å². The molecule has 3 heteroatoms. The van der Waals surface area contributed by atoms with E-state index in [0.717, 1.165) is 6.54 Å². The lowest BCUT2D eigenvalue weighted by molar-refractivity contribution is 0.215. The van der Waals surface area contributed by atoms with Crippen LogP contribution >= 0.6 is 0 Å². The maximum Gasteiger partial charge on any atom is 0.0485 e. The Labute approximate surface area is 127 Å². The van der Waals surface area contributed by atoms with E-state index < -0.39 is 0 Å². The number of rotatable bonds is 4. The van der Waals surface area contributed by atoms with E-state index in [2.05, 4.69) is 47.6 Å². The average Bonchev–Trinajstić information content (AvgIpc) is 2.85. The second-order valence-electron chi connectivity index (χ2n) is 6.53. The molecule has 3 rings (SSSR count). The van der Waals surface area contributed by atoms with Crippen LogP contribution in [0.1, 0.15) is 50.4 Å². The Balaban J connectivity index is 1.97. The zero-order valence-electron chi connectivity index (χ0n) is 13.3. The van der Waals surface area contributed by atoms with Crippen LogP contribution in [0.15, 0.2) is 24.3 Å². The molecule has 0 radical (unpaired) electrons. The van der Waals surface area contributed by atoms with E-state index in [4.69, 9.17) is 5.73 Å². The molecule has 1 aromatic heterocycles. The predicted octanol–water partition coefficient (Wildman–Crippen LogP) is 3.67. The number of hydrogen-bond donors (Lipinski definition) is 1. The summed E-state index contributed by atoms with van der Waals surface area (Å²) in [4.78, 5) is 2.60. The van der Waals surface area contributed by atoms with Gasteiger partial charge in [-0.15, -0.1) is 0 Å². The van der Waals surface area contributed by atoms with Gasteiger partial charge in [0.15, 0.2) is 0 Å². The van der Waals surface area contributed by atoms with Crippen LogP contribution in [0.5, 0.6) is 0 Å². The van der Waals surface area contributed by atoms with Gasteiger partial charge in [0.05, 0.1) is 0 Å². The average molecular weight is 285 g/mol. The molecule has 0 amide bonds. The van der Waals surface area contributed by atoms with Crippen molar-refractivity contribution < 1.29 is 0 Å². The number of likely N-dealkylation sites (tertiary alicyclic amines) is 1. The van der Waals surface area contributed by atoms with Crippen LogP contribution in [0.4, 0.5) is 0 Å². The Hall–Kier alpha value is -1.32. The van der Waals surface area contributed by atoms with Gasteiger partial charge >= 0.3 is 0 Å². The molecule has 0 atom stereocenters. The quantitative estimate of drug-likeness (QED) is 0.930. The predicted molar refractivity (Wildman–Crippen MR) is 89.3 cm³/mol. The van der Waals surface area contributed by atoms with Gasteiger partial charge in [-0.3, -0.25) is 4.90 Å². The van der Waals surface area contributed by atoms with E-state index >= 15 is 0 Å². The Morgan fingerprint density at radius 3 is 2.52 bits per heavy atom. The summed E-state index contributed by atoms with van der Waals surface area (Å²) in [6.45, 7) is 8.72. The maximum absolute atomic E-state index is 5.78. The van der Waals surface area contributed by atoms with Gasteiger partial charge in [0.25, 0.3) is 0 Å². The zero-order valence-corrected chi connectivity index (χ0v) is 13.3. The lowest BCUT2D eigenvalue weighted by Gasteiger charge is -2.27. The number of nitrogens with two attached hydrogens (primary N) is 1. The highest BCUT2D eigenvalue weighted by Crippen LogP contribution is 2.27. The highest BCUT2D eigenvalue weighted by Gasteiger charge is 2.16. The van der Waals surface area contributed by atoms with Crippen LogP contribution in [0, 0.1) is 0 Å². The first kappa shape index (κ1) is 14.6. The third-order valence-corrected chi connectivity index (χ3v) is 4.57. The normalized spacial score (nSPS) is 17.0. The molecule has 1 aliphatic heterocycles. The van der Waals surface area contributed by atoms with Gasteiger partial charge in [0.2, 0.25) is 0 Å². The van der Waals surface area contributed by atoms with E-state index in [0.29, 0.717) is 12.6 Å². The molecule has 1 saturated heterocycles. The van der Waals surface area contributed by atoms with Crippen LogP contribution in [0.2, 0.25) is 0 Å². The summed E-state index contributed by atoms with van der Waals surface area (Å²) in [7, 11) is 0. The van der Waals surface area contributed by atoms with E-state index in [1.807, 2.05) is 0 Å². The Kier molecular flexibility index (Phi) is 4.32. The van der Waals surface area contributed by atoms with E-state index in [9.17, 15) is 0 Å². The SMILES string of the molecule is CC(C)n1c(CN2CCCCC2)cc2cc(CN)ccc21. The van der Waals surface area contributed by atoms with Crippen LogP contribution in [0.25, 0.3) is 10.9 Å². The molecule has 0 saturated carbocycles. The second-order valence-corrected chi connectivity index (χ2v) is 6.53. The first-order chi connectivity index (χ1) is 10.2. The van der Waals surface area contributed by atoms with Crippen molar-refractivity contribution in [2.45, 2.75) is 52.2 Å². The van der Waals surface area contributed by atoms with Gasteiger partial charge in [-0.25, -0.2) is 0 Å². The molecule has 1 fully saturated rings. The lowest BCUT2D eigenvalue weighted by Crippen LogP contribution is -2.30. The molecular formula is C18H27N3. The smallest absolute Gasteiger partial charge is 0.0485 e. The minimum absolute atomic E-state index is 0.492. The van der Waals surface area contributed by atoms with Crippen molar-refractivity contribution in [3.05, 3.63) is 35.5 Å². The van der Waals surface area contributed by atoms with Gasteiger partial charge in [-0.2, -0.15) is 0 Å². The number of hydrogen-bond acceptors (Lipinski definition) is 2. The third-order valence-electron chi connectivity index (χ3n) is 4.57. The number of nitrogens with zero attached hydrogens (tertiary/aromatic N) is 2. The van der Waals surface area contributed by atoms with Gasteiger partial charge < -0.3 is 10.3 Å². The van der Waals surface area contributed by atoms with Gasteiger partial charge in [-0.05, 0) is 63.5 Å². The molecule has 2 aromatic rings. The summed E-state index contributed by atoms with van der Waals surface area (Å²) in [5.74, 6) is 0. The van der Waals surface area contributed by atoms with Crippen molar-refractivity contribution in [1.82, 2.24) is 9.47 Å². The summed E-state index contributed by atoms with van der Waals surface area (Å²) >= 11 is 0. The second kappa shape index (κ2) is 6.20. The first-order valence-corrected chi connectivity index (χ1v) is 8.24. The van der Waals surface area contributed by atoms with E-state index in [-0.39, 0.29) is 0 Å². The minimum atomic E-state index is 0.492. The minimum Gasteiger partial charge on any atom is -0.341 e. The molecule has 0 unspecified atom stereocenters. The highest BCUT2D eigenvalue weighted by atomic mass is 15.2. The van der Waals surface area contributed by atoms with Gasteiger partial charge in [0.1, 0.15) is 0 Å². The lowest BCUT2D eigenvalue weighted by atomic mass is 10.1. The molecule has 0 bridgehead atoms. The molecule has 21 heavy (non-hydrogen) atoms. The first-order valence-electron chi connectivity index (χ1n) is 8.24. The van der Waals surface area contributed by atoms with Crippen LogP contribution in [0.3, 0.4) is 0 Å². The Morgan fingerprint density at radius 2 is 1.86 bits per heavy atom. The number of aromatic nitrogens is 1. The molecule has 1 aromatic carbocycles.